The van der Waals surface area contributed by atoms with Crippen molar-refractivity contribution in [3.05, 3.63) is 24.3 Å². The summed E-state index contributed by atoms with van der Waals surface area (Å²) < 4.78 is 11.2. The molecule has 0 saturated carbocycles. The van der Waals surface area contributed by atoms with Gasteiger partial charge < -0.3 is 29.9 Å². The third-order valence-corrected chi connectivity index (χ3v) is 4.91. The molecule has 1 aromatic carbocycles. The minimum atomic E-state index is 0. The quantitative estimate of drug-likeness (QED) is 0.226. The van der Waals surface area contributed by atoms with Crippen molar-refractivity contribution < 1.29 is 9.47 Å². The highest BCUT2D eigenvalue weighted by Crippen LogP contribution is 2.19. The van der Waals surface area contributed by atoms with Gasteiger partial charge in [-0.05, 0) is 58.6 Å². The number of benzene rings is 1. The van der Waals surface area contributed by atoms with Crippen LogP contribution < -0.4 is 20.1 Å². The molecule has 0 amide bonds. The lowest BCUT2D eigenvalue weighted by atomic mass is 10.3. The maximum Gasteiger partial charge on any atom is 0.191 e. The van der Waals surface area contributed by atoms with Gasteiger partial charge in [-0.1, -0.05) is 6.07 Å². The molecule has 29 heavy (non-hydrogen) atoms. The largest absolute Gasteiger partial charge is 0.497 e. The molecule has 1 fully saturated rings. The van der Waals surface area contributed by atoms with Gasteiger partial charge in [0, 0.05) is 32.7 Å². The maximum absolute atomic E-state index is 5.94. The molecule has 1 aromatic rings. The first-order valence-electron chi connectivity index (χ1n) is 10.3. The van der Waals surface area contributed by atoms with Crippen LogP contribution >= 0.6 is 24.0 Å². The number of likely N-dealkylation sites (N-methyl/N-ethyl adjacent to an activating group) is 1. The molecular weight excluding hydrogens is 481 g/mol. The first-order chi connectivity index (χ1) is 13.6. The molecule has 1 aliphatic heterocycles. The smallest absolute Gasteiger partial charge is 0.191 e. The van der Waals surface area contributed by atoms with Gasteiger partial charge in [0.2, 0.25) is 0 Å². The molecule has 0 radical (unpaired) electrons. The van der Waals surface area contributed by atoms with Crippen LogP contribution in [0.2, 0.25) is 0 Å². The van der Waals surface area contributed by atoms with Crippen LogP contribution in [-0.4, -0.2) is 88.9 Å². The van der Waals surface area contributed by atoms with Crippen LogP contribution in [0.4, 0.5) is 0 Å². The van der Waals surface area contributed by atoms with Crippen LogP contribution in [0.15, 0.2) is 29.3 Å². The Balaban J connectivity index is 0.00000420. The van der Waals surface area contributed by atoms with E-state index in [0.29, 0.717) is 6.54 Å². The van der Waals surface area contributed by atoms with E-state index in [0.717, 1.165) is 37.0 Å². The number of hydrogen-bond donors (Lipinski definition) is 2. The van der Waals surface area contributed by atoms with Gasteiger partial charge in [0.15, 0.2) is 5.96 Å². The van der Waals surface area contributed by atoms with Crippen LogP contribution in [0.5, 0.6) is 11.5 Å². The standard InChI is InChI=1S/C21H37N5O2.HI/c1-18(28-20-9-5-8-19(16-20)27-4)17-24-21(22-2)23-10-6-12-26-13-7-11-25(3)14-15-26;/h5,8-9,16,18H,6-7,10-15,17H2,1-4H3,(H2,22,23,24);1H. The van der Waals surface area contributed by atoms with E-state index in [1.807, 2.05) is 31.2 Å². The zero-order valence-corrected chi connectivity index (χ0v) is 20.6. The lowest BCUT2D eigenvalue weighted by Crippen LogP contribution is -2.42. The second-order valence-corrected chi connectivity index (χ2v) is 7.34. The van der Waals surface area contributed by atoms with E-state index < -0.39 is 0 Å². The predicted octanol–water partition coefficient (Wildman–Crippen LogP) is 2.27. The molecule has 1 unspecified atom stereocenters. The number of halogens is 1. The third-order valence-electron chi connectivity index (χ3n) is 4.91. The average Bonchev–Trinajstić information content (AvgIpc) is 2.91. The first kappa shape index (κ1) is 25.8. The molecule has 1 saturated heterocycles. The number of rotatable bonds is 9. The van der Waals surface area contributed by atoms with Crippen LogP contribution in [0, 0.1) is 0 Å². The van der Waals surface area contributed by atoms with Gasteiger partial charge in [0.25, 0.3) is 0 Å². The molecule has 8 heteroatoms. The summed E-state index contributed by atoms with van der Waals surface area (Å²) in [4.78, 5) is 9.28. The molecule has 7 nitrogen and oxygen atoms in total. The van der Waals surface area contributed by atoms with Gasteiger partial charge in [-0.2, -0.15) is 0 Å². The average molecular weight is 519 g/mol. The van der Waals surface area contributed by atoms with E-state index in [4.69, 9.17) is 9.47 Å². The summed E-state index contributed by atoms with van der Waals surface area (Å²) in [5.41, 5.74) is 0. The van der Waals surface area contributed by atoms with Crippen molar-refractivity contribution >= 4 is 29.9 Å². The van der Waals surface area contributed by atoms with Gasteiger partial charge in [-0.3, -0.25) is 4.99 Å². The van der Waals surface area contributed by atoms with Crippen molar-refractivity contribution in [2.24, 2.45) is 4.99 Å². The van der Waals surface area contributed by atoms with E-state index in [-0.39, 0.29) is 30.1 Å². The van der Waals surface area contributed by atoms with Crippen molar-refractivity contribution in [1.82, 2.24) is 20.4 Å². The van der Waals surface area contributed by atoms with Crippen molar-refractivity contribution in [3.63, 3.8) is 0 Å². The maximum atomic E-state index is 5.94. The summed E-state index contributed by atoms with van der Waals surface area (Å²) in [6.07, 6.45) is 2.39. The summed E-state index contributed by atoms with van der Waals surface area (Å²) in [5.74, 6) is 2.42. The van der Waals surface area contributed by atoms with Crippen molar-refractivity contribution in [3.8, 4) is 11.5 Å². The molecule has 0 aromatic heterocycles. The Morgan fingerprint density at radius 3 is 2.72 bits per heavy atom. The van der Waals surface area contributed by atoms with Crippen LogP contribution in [0.1, 0.15) is 19.8 Å². The third kappa shape index (κ3) is 10.4. The van der Waals surface area contributed by atoms with Crippen molar-refractivity contribution in [2.75, 3.05) is 67.0 Å². The highest BCUT2D eigenvalue weighted by molar-refractivity contribution is 14.0. The van der Waals surface area contributed by atoms with Crippen LogP contribution in [0.25, 0.3) is 0 Å². The predicted molar refractivity (Wildman–Crippen MR) is 131 cm³/mol. The molecular formula is C21H38IN5O2. The van der Waals surface area contributed by atoms with Crippen LogP contribution in [-0.2, 0) is 0 Å². The lowest BCUT2D eigenvalue weighted by molar-refractivity contribution is 0.223. The molecule has 1 heterocycles. The van der Waals surface area contributed by atoms with Crippen molar-refractivity contribution in [2.45, 2.75) is 25.9 Å². The topological polar surface area (TPSA) is 61.4 Å². The molecule has 166 valence electrons. The Morgan fingerprint density at radius 2 is 1.97 bits per heavy atom. The molecule has 0 aliphatic carbocycles. The Kier molecular flexibility index (Phi) is 13.0. The number of nitrogens with one attached hydrogen (secondary N) is 2. The number of guanidine groups is 1. The highest BCUT2D eigenvalue weighted by Gasteiger charge is 2.11. The van der Waals surface area contributed by atoms with Gasteiger partial charge >= 0.3 is 0 Å². The van der Waals surface area contributed by atoms with E-state index in [2.05, 4.69) is 32.5 Å². The second kappa shape index (κ2) is 14.7. The summed E-state index contributed by atoms with van der Waals surface area (Å²) in [5, 5.41) is 6.73. The van der Waals surface area contributed by atoms with Gasteiger partial charge in [-0.15, -0.1) is 24.0 Å². The molecule has 1 atom stereocenters. The number of hydrogen-bond acceptors (Lipinski definition) is 5. The van der Waals surface area contributed by atoms with Crippen molar-refractivity contribution in [1.29, 1.82) is 0 Å². The fourth-order valence-electron chi connectivity index (χ4n) is 3.24. The van der Waals surface area contributed by atoms with Gasteiger partial charge in [-0.25, -0.2) is 0 Å². The molecule has 1 aliphatic rings. The number of ether oxygens (including phenoxy) is 2. The monoisotopic (exact) mass is 519 g/mol. The lowest BCUT2D eigenvalue weighted by Gasteiger charge is -2.21. The Labute approximate surface area is 193 Å². The van der Waals surface area contributed by atoms with Gasteiger partial charge in [0.1, 0.15) is 17.6 Å². The normalized spacial score (nSPS) is 17.0. The number of aliphatic imine (C=N–C) groups is 1. The van der Waals surface area contributed by atoms with E-state index >= 15 is 0 Å². The van der Waals surface area contributed by atoms with Crippen LogP contribution in [0.3, 0.4) is 0 Å². The summed E-state index contributed by atoms with van der Waals surface area (Å²) >= 11 is 0. The molecule has 2 N–H and O–H groups in total. The molecule has 0 bridgehead atoms. The minimum Gasteiger partial charge on any atom is -0.497 e. The zero-order chi connectivity index (χ0) is 20.2. The van der Waals surface area contributed by atoms with E-state index in [1.165, 1.54) is 32.6 Å². The minimum absolute atomic E-state index is 0. The summed E-state index contributed by atoms with van der Waals surface area (Å²) in [7, 11) is 5.66. The van der Waals surface area contributed by atoms with Gasteiger partial charge in [0.05, 0.1) is 13.7 Å². The Bertz CT molecular complexity index is 602. The molecule has 0 spiro atoms. The SMILES string of the molecule is CN=C(NCCCN1CCCN(C)CC1)NCC(C)Oc1cccc(OC)c1.I. The second-order valence-electron chi connectivity index (χ2n) is 7.34. The fourth-order valence-corrected chi connectivity index (χ4v) is 3.24. The highest BCUT2D eigenvalue weighted by atomic mass is 127. The number of methoxy groups -OCH3 is 1. The summed E-state index contributed by atoms with van der Waals surface area (Å²) in [6.45, 7) is 9.51. The molecule has 2 rings (SSSR count). The summed E-state index contributed by atoms with van der Waals surface area (Å²) in [6, 6.07) is 7.67. The Hall–Kier alpha value is -1.26. The van der Waals surface area contributed by atoms with E-state index in [9.17, 15) is 0 Å². The fraction of sp³-hybridized carbons (Fsp3) is 0.667. The Morgan fingerprint density at radius 1 is 1.17 bits per heavy atom. The first-order valence-corrected chi connectivity index (χ1v) is 10.3. The van der Waals surface area contributed by atoms with E-state index in [1.54, 1.807) is 14.2 Å². The number of nitrogens with zero attached hydrogens (tertiary/aromatic N) is 3. The zero-order valence-electron chi connectivity index (χ0n) is 18.3.